The Morgan fingerprint density at radius 3 is 1.57 bits per heavy atom. The van der Waals surface area contributed by atoms with Gasteiger partial charge in [0.2, 0.25) is 17.8 Å². The molecule has 1 atom stereocenters. The first kappa shape index (κ1) is 32.7. The Labute approximate surface area is 248 Å². The van der Waals surface area contributed by atoms with E-state index in [1.54, 1.807) is 62.4 Å². The molecule has 12 nitrogen and oxygen atoms in total. The molecule has 0 saturated heterocycles. The number of hydrogen-bond acceptors (Lipinski definition) is 12. The molecule has 0 amide bonds. The highest BCUT2D eigenvalue weighted by molar-refractivity contribution is 6.81. The van der Waals surface area contributed by atoms with E-state index in [1.807, 2.05) is 6.55 Å². The Hall–Kier alpha value is -3.86. The summed E-state index contributed by atoms with van der Waals surface area (Å²) < 4.78 is 16.1. The number of rotatable bonds is 15. The van der Waals surface area contributed by atoms with Gasteiger partial charge in [0.25, 0.3) is 0 Å². The highest BCUT2D eigenvalue weighted by Gasteiger charge is 2.32. The summed E-state index contributed by atoms with van der Waals surface area (Å²) >= 11 is 0. The summed E-state index contributed by atoms with van der Waals surface area (Å²) in [5, 5.41) is 9.50. The van der Waals surface area contributed by atoms with E-state index in [1.165, 1.54) is 0 Å². The Morgan fingerprint density at radius 2 is 1.17 bits per heavy atom. The van der Waals surface area contributed by atoms with Gasteiger partial charge in [0, 0.05) is 17.9 Å². The van der Waals surface area contributed by atoms with Crippen LogP contribution in [0.25, 0.3) is 0 Å². The number of nitrogens with one attached hydrogen (secondary N) is 3. The molecule has 2 aromatic carbocycles. The molecule has 0 aliphatic rings. The van der Waals surface area contributed by atoms with Crippen molar-refractivity contribution in [3.05, 3.63) is 59.7 Å². The van der Waals surface area contributed by atoms with Crippen LogP contribution in [0.15, 0.2) is 48.5 Å². The van der Waals surface area contributed by atoms with Gasteiger partial charge in [-0.15, -0.1) is 0 Å². The fourth-order valence-corrected chi connectivity index (χ4v) is 10.5. The summed E-state index contributed by atoms with van der Waals surface area (Å²) in [6, 6.07) is 14.1. The van der Waals surface area contributed by atoms with Crippen molar-refractivity contribution in [2.24, 2.45) is 0 Å². The van der Waals surface area contributed by atoms with Crippen LogP contribution in [0.3, 0.4) is 0 Å². The van der Waals surface area contributed by atoms with Gasteiger partial charge in [0.15, 0.2) is 8.32 Å². The van der Waals surface area contributed by atoms with Crippen molar-refractivity contribution in [3.8, 4) is 0 Å². The van der Waals surface area contributed by atoms with Crippen LogP contribution < -0.4 is 16.0 Å². The largest absolute Gasteiger partial charge is 0.462 e. The van der Waals surface area contributed by atoms with Gasteiger partial charge in [0.1, 0.15) is 0 Å². The third kappa shape index (κ3) is 10.8. The van der Waals surface area contributed by atoms with Crippen molar-refractivity contribution in [1.82, 2.24) is 15.0 Å². The summed E-state index contributed by atoms with van der Waals surface area (Å²) in [5.74, 6) is 0.0755. The molecular weight excluding hydrogens is 573 g/mol. The number of nitrogens with zero attached hydrogens (tertiary/aromatic N) is 3. The molecule has 4 N–H and O–H groups in total. The van der Waals surface area contributed by atoms with Crippen molar-refractivity contribution in [3.63, 3.8) is 0 Å². The topological polar surface area (TPSA) is 157 Å². The lowest BCUT2D eigenvalue weighted by molar-refractivity contribution is 0.0517. The van der Waals surface area contributed by atoms with E-state index >= 15 is 0 Å². The fourth-order valence-electron chi connectivity index (χ4n) is 3.96. The number of carbonyl (C=O) groups excluding carboxylic acids is 2. The van der Waals surface area contributed by atoms with E-state index in [4.69, 9.17) is 13.6 Å². The predicted octanol–water partition coefficient (Wildman–Crippen LogP) is 5.43. The molecule has 42 heavy (non-hydrogen) atoms. The first-order chi connectivity index (χ1) is 19.9. The second-order valence-corrected chi connectivity index (χ2v) is 18.5. The number of hydrogen-bond donors (Lipinski definition) is 4. The van der Waals surface area contributed by atoms with E-state index in [0.29, 0.717) is 60.7 Å². The molecule has 226 valence electrons. The molecule has 0 aliphatic carbocycles. The SMILES string of the molecule is CCOC(=O)c1ccc(Nc2nc(NCCC[Si](C)(O)O[Si](C)(C)C)nc(Nc3ccc(C(=O)OCC)cc3)n2)cc1. The van der Waals surface area contributed by atoms with Crippen LogP contribution in [0.2, 0.25) is 32.2 Å². The standard InChI is InChI=1S/C28H40N6O6Si2/c1-7-38-24(35)20-10-14-22(15-11-20)30-27-32-26(29-18-9-19-42(6,37)40-41(3,4)5)33-28(34-27)31-23-16-12-21(13-17-23)25(36)39-8-2/h10-17,37H,7-9,18-19H2,1-6H3,(H3,29,30,31,32,33,34). The molecule has 0 aliphatic heterocycles. The van der Waals surface area contributed by atoms with Crippen LogP contribution in [0.1, 0.15) is 41.0 Å². The van der Waals surface area contributed by atoms with Crippen LogP contribution in [0.5, 0.6) is 0 Å². The third-order valence-corrected chi connectivity index (χ3v) is 11.1. The van der Waals surface area contributed by atoms with Gasteiger partial charge >= 0.3 is 20.5 Å². The molecule has 0 spiro atoms. The smallest absolute Gasteiger partial charge is 0.338 e. The summed E-state index contributed by atoms with van der Waals surface area (Å²) in [7, 11) is -4.60. The number of aromatic nitrogens is 3. The zero-order chi connectivity index (χ0) is 30.8. The molecule has 1 unspecified atom stereocenters. The summed E-state index contributed by atoms with van der Waals surface area (Å²) in [4.78, 5) is 48.2. The number of carbonyl (C=O) groups is 2. The minimum absolute atomic E-state index is 0.269. The molecule has 0 bridgehead atoms. The van der Waals surface area contributed by atoms with Gasteiger partial charge in [0.05, 0.1) is 24.3 Å². The summed E-state index contributed by atoms with van der Waals surface area (Å²) in [6.07, 6.45) is 0.672. The lowest BCUT2D eigenvalue weighted by Gasteiger charge is -2.29. The Morgan fingerprint density at radius 1 is 0.738 bits per heavy atom. The lowest BCUT2D eigenvalue weighted by Crippen LogP contribution is -2.45. The van der Waals surface area contributed by atoms with Gasteiger partial charge in [-0.1, -0.05) is 0 Å². The number of benzene rings is 2. The first-order valence-corrected chi connectivity index (χ1v) is 19.9. The van der Waals surface area contributed by atoms with Gasteiger partial charge in [-0.25, -0.2) is 9.59 Å². The Bertz CT molecular complexity index is 1250. The Kier molecular flexibility index (Phi) is 11.6. The van der Waals surface area contributed by atoms with E-state index < -0.39 is 28.8 Å². The molecule has 3 aromatic rings. The molecule has 14 heteroatoms. The van der Waals surface area contributed by atoms with Crippen molar-refractivity contribution >= 4 is 58.0 Å². The zero-order valence-electron chi connectivity index (χ0n) is 25.0. The van der Waals surface area contributed by atoms with Crippen LogP contribution in [-0.2, 0) is 13.6 Å². The molecular formula is C28H40N6O6Si2. The van der Waals surface area contributed by atoms with Gasteiger partial charge in [-0.2, -0.15) is 15.0 Å². The van der Waals surface area contributed by atoms with Crippen LogP contribution in [-0.4, -0.2) is 68.3 Å². The highest BCUT2D eigenvalue weighted by atomic mass is 28.4. The fraction of sp³-hybridized carbons (Fsp3) is 0.393. The van der Waals surface area contributed by atoms with E-state index in [0.717, 1.165) is 0 Å². The van der Waals surface area contributed by atoms with Crippen LogP contribution >= 0.6 is 0 Å². The monoisotopic (exact) mass is 612 g/mol. The number of esters is 2. The number of ether oxygens (including phenoxy) is 2. The van der Waals surface area contributed by atoms with E-state index in [9.17, 15) is 14.4 Å². The summed E-state index contributed by atoms with van der Waals surface area (Å²) in [5.41, 5.74) is 2.20. The average molecular weight is 613 g/mol. The van der Waals surface area contributed by atoms with E-state index in [2.05, 4.69) is 50.5 Å². The zero-order valence-corrected chi connectivity index (χ0v) is 27.0. The summed E-state index contributed by atoms with van der Waals surface area (Å²) in [6.45, 7) is 12.6. The predicted molar refractivity (Wildman–Crippen MR) is 167 cm³/mol. The second kappa shape index (κ2) is 14.9. The maximum Gasteiger partial charge on any atom is 0.338 e. The highest BCUT2D eigenvalue weighted by Crippen LogP contribution is 2.21. The van der Waals surface area contributed by atoms with Crippen molar-refractivity contribution < 1.29 is 28.0 Å². The molecule has 3 rings (SSSR count). The first-order valence-electron chi connectivity index (χ1n) is 13.9. The van der Waals surface area contributed by atoms with Gasteiger partial charge in [-0.05, 0) is 101 Å². The van der Waals surface area contributed by atoms with Crippen LogP contribution in [0, 0.1) is 0 Å². The third-order valence-electron chi connectivity index (χ3n) is 5.57. The van der Waals surface area contributed by atoms with Crippen molar-refractivity contribution in [2.45, 2.75) is 52.5 Å². The quantitative estimate of drug-likeness (QED) is 0.0982. The molecule has 0 fully saturated rings. The van der Waals surface area contributed by atoms with E-state index in [-0.39, 0.29) is 11.9 Å². The minimum atomic E-state index is -2.76. The molecule has 0 radical (unpaired) electrons. The maximum atomic E-state index is 12.0. The maximum absolute atomic E-state index is 12.0. The van der Waals surface area contributed by atoms with Crippen molar-refractivity contribution in [1.29, 1.82) is 0 Å². The minimum Gasteiger partial charge on any atom is -0.462 e. The lowest BCUT2D eigenvalue weighted by atomic mass is 10.2. The average Bonchev–Trinajstić information content (AvgIpc) is 2.91. The Balaban J connectivity index is 1.76. The second-order valence-electron chi connectivity index (χ2n) is 10.6. The molecule has 0 saturated carbocycles. The molecule has 1 aromatic heterocycles. The van der Waals surface area contributed by atoms with Crippen molar-refractivity contribution in [2.75, 3.05) is 35.7 Å². The molecule has 1 heterocycles. The number of anilines is 5. The van der Waals surface area contributed by atoms with Crippen LogP contribution in [0.4, 0.5) is 29.2 Å². The normalized spacial score (nSPS) is 12.6. The van der Waals surface area contributed by atoms with Gasteiger partial charge < -0.3 is 34.3 Å². The van der Waals surface area contributed by atoms with Gasteiger partial charge in [-0.3, -0.25) is 0 Å².